The molecule has 2 heterocycles. The van der Waals surface area contributed by atoms with E-state index in [1.165, 1.54) is 25.3 Å². The van der Waals surface area contributed by atoms with Crippen molar-refractivity contribution in [3.8, 4) is 5.75 Å². The van der Waals surface area contributed by atoms with Crippen molar-refractivity contribution in [1.29, 1.82) is 0 Å². The van der Waals surface area contributed by atoms with Gasteiger partial charge in [0.05, 0.1) is 35.7 Å². The van der Waals surface area contributed by atoms with E-state index in [0.717, 1.165) is 57.0 Å². The molecule has 11 heteroatoms. The first-order chi connectivity index (χ1) is 21.2. The number of esters is 2. The van der Waals surface area contributed by atoms with Gasteiger partial charge in [0.2, 0.25) is 0 Å². The Hall–Kier alpha value is -4.22. The Kier molecular flexibility index (Phi) is 11.5. The second-order valence-electron chi connectivity index (χ2n) is 11.1. The maximum absolute atomic E-state index is 13.4. The third-order valence-corrected chi connectivity index (χ3v) is 8.13. The van der Waals surface area contributed by atoms with E-state index in [1.54, 1.807) is 19.9 Å². The monoisotopic (exact) mass is 606 g/mol. The van der Waals surface area contributed by atoms with Crippen LogP contribution in [0.15, 0.2) is 71.1 Å². The molecule has 2 aliphatic heterocycles. The van der Waals surface area contributed by atoms with Gasteiger partial charge < -0.3 is 24.4 Å². The molecule has 0 aromatic heterocycles. The number of nitro groups is 1. The number of ether oxygens (including phenoxy) is 3. The number of non-ortho nitro benzene ring substituents is 1. The quantitative estimate of drug-likeness (QED) is 0.153. The molecular weight excluding hydrogens is 564 g/mol. The van der Waals surface area contributed by atoms with E-state index in [2.05, 4.69) is 28.1 Å². The zero-order valence-corrected chi connectivity index (χ0v) is 26.0. The lowest BCUT2D eigenvalue weighted by Crippen LogP contribution is -2.47. The van der Waals surface area contributed by atoms with Gasteiger partial charge in [-0.05, 0) is 57.4 Å². The number of rotatable bonds is 13. The summed E-state index contributed by atoms with van der Waals surface area (Å²) in [6.07, 6.45) is 1.57. The third kappa shape index (κ3) is 8.23. The topological polar surface area (TPSA) is 123 Å². The fourth-order valence-corrected chi connectivity index (χ4v) is 5.72. The number of carbonyl (C=O) groups excluding carboxylic acids is 2. The number of allylic oxidation sites excluding steroid dienone is 2. The van der Waals surface area contributed by atoms with Crippen molar-refractivity contribution >= 4 is 17.6 Å². The summed E-state index contributed by atoms with van der Waals surface area (Å²) in [5, 5.41) is 14.6. The number of piperazine rings is 1. The smallest absolute Gasteiger partial charge is 0.336 e. The highest BCUT2D eigenvalue weighted by Gasteiger charge is 2.38. The van der Waals surface area contributed by atoms with Crippen LogP contribution in [0.5, 0.6) is 5.75 Å². The number of aryl methyl sites for hydroxylation is 1. The van der Waals surface area contributed by atoms with Gasteiger partial charge in [-0.25, -0.2) is 9.59 Å². The normalized spacial score (nSPS) is 17.7. The van der Waals surface area contributed by atoms with Crippen LogP contribution in [-0.4, -0.2) is 86.3 Å². The fraction of sp³-hybridized carbons (Fsp3) is 0.455. The van der Waals surface area contributed by atoms with Gasteiger partial charge in [0, 0.05) is 56.3 Å². The lowest BCUT2D eigenvalue weighted by Gasteiger charge is -2.34. The van der Waals surface area contributed by atoms with Gasteiger partial charge in [-0.2, -0.15) is 0 Å². The van der Waals surface area contributed by atoms with E-state index < -0.39 is 22.8 Å². The zero-order valence-electron chi connectivity index (χ0n) is 26.0. The highest BCUT2D eigenvalue weighted by atomic mass is 16.6. The number of carbonyl (C=O) groups is 2. The summed E-state index contributed by atoms with van der Waals surface area (Å²) in [4.78, 5) is 42.0. The van der Waals surface area contributed by atoms with E-state index in [4.69, 9.17) is 14.2 Å². The number of dihydropyridines is 1. The number of benzene rings is 2. The molecule has 44 heavy (non-hydrogen) atoms. The molecule has 0 saturated carbocycles. The molecule has 1 atom stereocenters. The molecule has 2 aliphatic rings. The standard InChI is InChI=1S/C33H42N4O7/c1-23-10-5-6-13-28(23)43-21-19-36-17-15-35(16-18-36)14-7-8-20-44-33(39)30-25(3)34-24(2)29(32(38)42-4)31(30)26-11-9-12-27(22-26)37(40)41/h5-6,9-13,22,31,34H,7-8,14-21H2,1-4H3. The van der Waals surface area contributed by atoms with Gasteiger partial charge in [-0.15, -0.1) is 0 Å². The summed E-state index contributed by atoms with van der Waals surface area (Å²) < 4.78 is 16.6. The number of hydrogen-bond acceptors (Lipinski definition) is 10. The van der Waals surface area contributed by atoms with Gasteiger partial charge in [-0.3, -0.25) is 15.0 Å². The first-order valence-corrected chi connectivity index (χ1v) is 15.0. The lowest BCUT2D eigenvalue weighted by molar-refractivity contribution is -0.384. The van der Waals surface area contributed by atoms with E-state index in [1.807, 2.05) is 18.2 Å². The van der Waals surface area contributed by atoms with Crippen LogP contribution in [0.1, 0.15) is 43.7 Å². The third-order valence-electron chi connectivity index (χ3n) is 8.13. The predicted molar refractivity (Wildman–Crippen MR) is 166 cm³/mol. The van der Waals surface area contributed by atoms with Crippen LogP contribution < -0.4 is 10.1 Å². The Morgan fingerprint density at radius 2 is 1.55 bits per heavy atom. The van der Waals surface area contributed by atoms with Crippen LogP contribution in [0.2, 0.25) is 0 Å². The Morgan fingerprint density at radius 3 is 2.20 bits per heavy atom. The summed E-state index contributed by atoms with van der Waals surface area (Å²) in [7, 11) is 1.26. The molecule has 2 aromatic rings. The van der Waals surface area contributed by atoms with Gasteiger partial charge in [0.1, 0.15) is 12.4 Å². The molecule has 1 N–H and O–H groups in total. The van der Waals surface area contributed by atoms with E-state index >= 15 is 0 Å². The number of nitro benzene ring substituents is 1. The van der Waals surface area contributed by atoms with Crippen LogP contribution in [0.3, 0.4) is 0 Å². The van der Waals surface area contributed by atoms with Crippen LogP contribution in [0.25, 0.3) is 0 Å². The summed E-state index contributed by atoms with van der Waals surface area (Å²) in [6.45, 7) is 12.1. The van der Waals surface area contributed by atoms with Crippen LogP contribution in [0, 0.1) is 17.0 Å². The number of unbranched alkanes of at least 4 members (excludes halogenated alkanes) is 1. The molecule has 0 bridgehead atoms. The average Bonchev–Trinajstić information content (AvgIpc) is 3.01. The van der Waals surface area contributed by atoms with Gasteiger partial charge in [-0.1, -0.05) is 30.3 Å². The molecule has 236 valence electrons. The Bertz CT molecular complexity index is 1410. The minimum Gasteiger partial charge on any atom is -0.492 e. The van der Waals surface area contributed by atoms with Crippen molar-refractivity contribution in [3.63, 3.8) is 0 Å². The van der Waals surface area contributed by atoms with Gasteiger partial charge in [0.15, 0.2) is 0 Å². The molecule has 1 saturated heterocycles. The second-order valence-corrected chi connectivity index (χ2v) is 11.1. The van der Waals surface area contributed by atoms with Crippen molar-refractivity contribution in [3.05, 3.63) is 92.3 Å². The average molecular weight is 607 g/mol. The molecule has 0 aliphatic carbocycles. The van der Waals surface area contributed by atoms with Crippen molar-refractivity contribution in [2.75, 3.05) is 59.6 Å². The molecule has 1 fully saturated rings. The minimum absolute atomic E-state index is 0.135. The lowest BCUT2D eigenvalue weighted by atomic mass is 9.80. The maximum Gasteiger partial charge on any atom is 0.336 e. The Balaban J connectivity index is 1.26. The number of hydrogen-bond donors (Lipinski definition) is 1. The first-order valence-electron chi connectivity index (χ1n) is 15.0. The summed E-state index contributed by atoms with van der Waals surface area (Å²) in [6, 6.07) is 14.0. The molecule has 4 rings (SSSR count). The second kappa shape index (κ2) is 15.5. The predicted octanol–water partition coefficient (Wildman–Crippen LogP) is 4.33. The zero-order chi connectivity index (χ0) is 31.6. The highest BCUT2D eigenvalue weighted by molar-refractivity contribution is 5.99. The molecule has 1 unspecified atom stereocenters. The molecule has 0 radical (unpaired) electrons. The molecule has 11 nitrogen and oxygen atoms in total. The maximum atomic E-state index is 13.4. The largest absolute Gasteiger partial charge is 0.492 e. The Labute approximate surface area is 258 Å². The van der Waals surface area contributed by atoms with E-state index in [-0.39, 0.29) is 23.4 Å². The van der Waals surface area contributed by atoms with E-state index in [9.17, 15) is 19.7 Å². The van der Waals surface area contributed by atoms with Crippen LogP contribution in [-0.2, 0) is 19.1 Å². The number of nitrogens with zero attached hydrogens (tertiary/aromatic N) is 3. The van der Waals surface area contributed by atoms with Gasteiger partial charge in [0.25, 0.3) is 5.69 Å². The van der Waals surface area contributed by atoms with Crippen molar-refractivity contribution in [2.24, 2.45) is 0 Å². The fourth-order valence-electron chi connectivity index (χ4n) is 5.72. The van der Waals surface area contributed by atoms with Crippen molar-refractivity contribution in [2.45, 2.75) is 39.5 Å². The van der Waals surface area contributed by atoms with E-state index in [0.29, 0.717) is 30.0 Å². The van der Waals surface area contributed by atoms with Crippen molar-refractivity contribution in [1.82, 2.24) is 15.1 Å². The molecular formula is C33H42N4O7. The number of para-hydroxylation sites is 1. The summed E-state index contributed by atoms with van der Waals surface area (Å²) >= 11 is 0. The molecule has 0 spiro atoms. The molecule has 0 amide bonds. The van der Waals surface area contributed by atoms with Crippen LogP contribution in [0.4, 0.5) is 5.69 Å². The minimum atomic E-state index is -0.866. The number of methoxy groups -OCH3 is 1. The number of nitrogens with one attached hydrogen (secondary N) is 1. The van der Waals surface area contributed by atoms with Crippen molar-refractivity contribution < 1.29 is 28.7 Å². The molecule has 2 aromatic carbocycles. The summed E-state index contributed by atoms with van der Waals surface area (Å²) in [5.41, 5.74) is 2.94. The van der Waals surface area contributed by atoms with Crippen LogP contribution >= 0.6 is 0 Å². The SMILES string of the molecule is COC(=O)C1=C(C)NC(C)=C(C(=O)OCCCCN2CCN(CCOc3ccccc3C)CC2)C1c1cccc([N+](=O)[O-])c1. The van der Waals surface area contributed by atoms with Gasteiger partial charge >= 0.3 is 11.9 Å². The summed E-state index contributed by atoms with van der Waals surface area (Å²) in [5.74, 6) is -1.12. The first kappa shape index (κ1) is 32.7. The Morgan fingerprint density at radius 1 is 0.886 bits per heavy atom. The highest BCUT2D eigenvalue weighted by Crippen LogP contribution is 2.40.